The minimum absolute atomic E-state index is 0.191. The monoisotopic (exact) mass is 536 g/mol. The number of hydrogen-bond acceptors (Lipinski definition) is 2. The summed E-state index contributed by atoms with van der Waals surface area (Å²) in [5.41, 5.74) is 12.5. The van der Waals surface area contributed by atoms with Crippen LogP contribution in [0, 0.1) is 0 Å². The third kappa shape index (κ3) is 3.39. The quantitative estimate of drug-likeness (QED) is 0.217. The van der Waals surface area contributed by atoms with Crippen LogP contribution in [0.1, 0.15) is 17.0 Å². The van der Waals surface area contributed by atoms with E-state index in [1.165, 1.54) is 61.3 Å². The average Bonchev–Trinajstić information content (AvgIpc) is 3.39. The molecule has 3 aliphatic rings. The fourth-order valence-corrected chi connectivity index (χ4v) is 7.26. The van der Waals surface area contributed by atoms with E-state index in [1.807, 2.05) is 0 Å². The minimum Gasteiger partial charge on any atom is -0.331 e. The molecule has 1 aliphatic carbocycles. The highest BCUT2D eigenvalue weighted by atomic mass is 15.3. The molecule has 2 unspecified atom stereocenters. The normalized spacial score (nSPS) is 18.0. The molecule has 198 valence electrons. The second-order valence-electron chi connectivity index (χ2n) is 11.4. The minimum atomic E-state index is 0.191. The van der Waals surface area contributed by atoms with Crippen molar-refractivity contribution in [1.82, 2.24) is 0 Å². The van der Waals surface area contributed by atoms with E-state index in [4.69, 9.17) is 0 Å². The summed E-state index contributed by atoms with van der Waals surface area (Å²) in [6, 6.07) is 51.3. The Kier molecular flexibility index (Phi) is 5.06. The highest BCUT2D eigenvalue weighted by Crippen LogP contribution is 2.57. The van der Waals surface area contributed by atoms with Crippen molar-refractivity contribution in [3.05, 3.63) is 169 Å². The smallest absolute Gasteiger partial charge is 0.0703 e. The van der Waals surface area contributed by atoms with E-state index in [1.54, 1.807) is 0 Å². The topological polar surface area (TPSA) is 6.48 Å². The molecular formula is C40H28N2. The molecule has 0 fully saturated rings. The zero-order chi connectivity index (χ0) is 27.6. The molecule has 0 aromatic heterocycles. The Morgan fingerprint density at radius 3 is 1.95 bits per heavy atom. The summed E-state index contributed by atoms with van der Waals surface area (Å²) in [6.07, 6.45) is 7.00. The standard InChI is InChI=1S/C40H28N2/c1-2-11-27(12-3-1)28-21-23-31(24-22-28)41-37-19-8-9-20-38(37)42-36-18-7-6-15-32(36)33-16-10-17-34(40(33)42)35-25-29-13-4-5-14-30(29)26-39(35)41/h1-26,33,40H. The van der Waals surface area contributed by atoms with Crippen LogP contribution < -0.4 is 9.80 Å². The van der Waals surface area contributed by atoms with Crippen molar-refractivity contribution in [3.63, 3.8) is 0 Å². The SMILES string of the molecule is C1=CC2c3ccccc3N3c4ccccc4N(c4ccc(-c5ccccc5)cc4)c4cc5ccccc5cc4C(=C1)C23. The van der Waals surface area contributed by atoms with Gasteiger partial charge in [-0.15, -0.1) is 0 Å². The number of para-hydroxylation sites is 3. The number of benzene rings is 6. The van der Waals surface area contributed by atoms with Crippen LogP contribution in [0.2, 0.25) is 0 Å². The maximum atomic E-state index is 2.59. The van der Waals surface area contributed by atoms with Gasteiger partial charge in [0.2, 0.25) is 0 Å². The molecule has 0 N–H and O–H groups in total. The van der Waals surface area contributed by atoms with Gasteiger partial charge >= 0.3 is 0 Å². The van der Waals surface area contributed by atoms with Crippen LogP contribution in [0.15, 0.2) is 158 Å². The van der Waals surface area contributed by atoms with Gasteiger partial charge < -0.3 is 9.80 Å². The first-order chi connectivity index (χ1) is 20.8. The maximum absolute atomic E-state index is 2.59. The molecule has 6 aromatic carbocycles. The van der Waals surface area contributed by atoms with Crippen LogP contribution in [0.4, 0.5) is 28.4 Å². The number of anilines is 5. The van der Waals surface area contributed by atoms with Crippen molar-refractivity contribution >= 4 is 44.8 Å². The Bertz CT molecular complexity index is 2050. The summed E-state index contributed by atoms with van der Waals surface area (Å²) in [6.45, 7) is 0. The molecule has 0 saturated heterocycles. The van der Waals surface area contributed by atoms with Crippen molar-refractivity contribution in [2.24, 2.45) is 0 Å². The Morgan fingerprint density at radius 1 is 0.500 bits per heavy atom. The molecule has 2 nitrogen and oxygen atoms in total. The van der Waals surface area contributed by atoms with Gasteiger partial charge in [0, 0.05) is 22.9 Å². The molecule has 0 amide bonds. The van der Waals surface area contributed by atoms with Gasteiger partial charge in [-0.25, -0.2) is 0 Å². The van der Waals surface area contributed by atoms with Gasteiger partial charge in [-0.05, 0) is 75.5 Å². The second kappa shape index (κ2) is 9.09. The van der Waals surface area contributed by atoms with Crippen molar-refractivity contribution in [2.75, 3.05) is 9.80 Å². The van der Waals surface area contributed by atoms with Crippen LogP contribution in [0.3, 0.4) is 0 Å². The van der Waals surface area contributed by atoms with E-state index in [0.717, 1.165) is 5.69 Å². The molecule has 2 atom stereocenters. The number of nitrogens with zero attached hydrogens (tertiary/aromatic N) is 2. The fraction of sp³-hybridized carbons (Fsp3) is 0.0500. The van der Waals surface area contributed by atoms with Crippen molar-refractivity contribution in [1.29, 1.82) is 0 Å². The molecular weight excluding hydrogens is 508 g/mol. The predicted molar refractivity (Wildman–Crippen MR) is 176 cm³/mol. The predicted octanol–water partition coefficient (Wildman–Crippen LogP) is 10.5. The van der Waals surface area contributed by atoms with Crippen molar-refractivity contribution in [2.45, 2.75) is 12.0 Å². The molecule has 9 rings (SSSR count). The summed E-state index contributed by atoms with van der Waals surface area (Å²) < 4.78 is 0. The first-order valence-corrected chi connectivity index (χ1v) is 14.7. The molecule has 0 saturated carbocycles. The van der Waals surface area contributed by atoms with Crippen LogP contribution in [-0.2, 0) is 0 Å². The first-order valence-electron chi connectivity index (χ1n) is 14.7. The van der Waals surface area contributed by atoms with Gasteiger partial charge in [-0.2, -0.15) is 0 Å². The summed E-state index contributed by atoms with van der Waals surface area (Å²) in [4.78, 5) is 5.06. The summed E-state index contributed by atoms with van der Waals surface area (Å²) >= 11 is 0. The number of fused-ring (bicyclic) bond motifs is 8. The van der Waals surface area contributed by atoms with Gasteiger partial charge in [0.25, 0.3) is 0 Å². The Balaban J connectivity index is 1.35. The van der Waals surface area contributed by atoms with E-state index in [2.05, 4.69) is 168 Å². The number of allylic oxidation sites excluding steroid dienone is 2. The molecule has 0 bridgehead atoms. The lowest BCUT2D eigenvalue weighted by molar-refractivity contribution is 0.759. The molecule has 0 radical (unpaired) electrons. The van der Waals surface area contributed by atoms with E-state index in [9.17, 15) is 0 Å². The zero-order valence-electron chi connectivity index (χ0n) is 23.1. The van der Waals surface area contributed by atoms with E-state index >= 15 is 0 Å². The lowest BCUT2D eigenvalue weighted by Crippen LogP contribution is -2.35. The summed E-state index contributed by atoms with van der Waals surface area (Å²) in [7, 11) is 0. The van der Waals surface area contributed by atoms with Gasteiger partial charge in [0.1, 0.15) is 0 Å². The van der Waals surface area contributed by atoms with Crippen LogP contribution in [0.25, 0.3) is 27.5 Å². The van der Waals surface area contributed by atoms with Crippen LogP contribution in [0.5, 0.6) is 0 Å². The Labute approximate surface area is 246 Å². The van der Waals surface area contributed by atoms with Crippen molar-refractivity contribution < 1.29 is 0 Å². The Hall–Kier alpha value is -5.34. The highest BCUT2D eigenvalue weighted by Gasteiger charge is 2.44. The van der Waals surface area contributed by atoms with Crippen LogP contribution >= 0.6 is 0 Å². The largest absolute Gasteiger partial charge is 0.331 e. The molecule has 6 aromatic rings. The highest BCUT2D eigenvalue weighted by molar-refractivity contribution is 6.03. The second-order valence-corrected chi connectivity index (χ2v) is 11.4. The fourth-order valence-electron chi connectivity index (χ4n) is 7.26. The van der Waals surface area contributed by atoms with Crippen molar-refractivity contribution in [3.8, 4) is 11.1 Å². The van der Waals surface area contributed by atoms with Gasteiger partial charge in [-0.3, -0.25) is 0 Å². The van der Waals surface area contributed by atoms with E-state index in [0.29, 0.717) is 5.92 Å². The third-order valence-electron chi connectivity index (χ3n) is 9.12. The van der Waals surface area contributed by atoms with Gasteiger partial charge in [0.05, 0.1) is 23.1 Å². The molecule has 2 heteroatoms. The number of rotatable bonds is 2. The summed E-state index contributed by atoms with van der Waals surface area (Å²) in [5, 5.41) is 2.51. The maximum Gasteiger partial charge on any atom is 0.0703 e. The number of hydrogen-bond donors (Lipinski definition) is 0. The molecule has 2 aliphatic heterocycles. The molecule has 42 heavy (non-hydrogen) atoms. The summed E-state index contributed by atoms with van der Waals surface area (Å²) in [5.74, 6) is 0.297. The van der Waals surface area contributed by atoms with E-state index in [-0.39, 0.29) is 6.04 Å². The zero-order valence-corrected chi connectivity index (χ0v) is 23.1. The third-order valence-corrected chi connectivity index (χ3v) is 9.12. The lowest BCUT2D eigenvalue weighted by atomic mass is 9.81. The molecule has 2 heterocycles. The molecule has 0 spiro atoms. The average molecular weight is 537 g/mol. The van der Waals surface area contributed by atoms with Gasteiger partial charge in [0.15, 0.2) is 0 Å². The Morgan fingerprint density at radius 2 is 1.14 bits per heavy atom. The van der Waals surface area contributed by atoms with Crippen LogP contribution in [-0.4, -0.2) is 6.04 Å². The first kappa shape index (κ1) is 23.4. The van der Waals surface area contributed by atoms with E-state index < -0.39 is 0 Å². The van der Waals surface area contributed by atoms with Gasteiger partial charge in [-0.1, -0.05) is 115 Å². The lowest BCUT2D eigenvalue weighted by Gasteiger charge is -2.41.